The van der Waals surface area contributed by atoms with E-state index < -0.39 is 0 Å². The van der Waals surface area contributed by atoms with E-state index in [0.717, 1.165) is 33.3 Å². The van der Waals surface area contributed by atoms with Crippen molar-refractivity contribution in [2.45, 2.75) is 25.8 Å². The summed E-state index contributed by atoms with van der Waals surface area (Å²) in [5, 5.41) is 15.1. The first kappa shape index (κ1) is 18.0. The first-order valence-electron chi connectivity index (χ1n) is 8.29. The minimum Gasteiger partial charge on any atom is -0.325 e. The maximum absolute atomic E-state index is 12.5. The van der Waals surface area contributed by atoms with Gasteiger partial charge >= 0.3 is 0 Å². The summed E-state index contributed by atoms with van der Waals surface area (Å²) in [6, 6.07) is 16.1. The number of fused-ring (bicyclic) bond motifs is 1. The molecule has 1 amide bonds. The van der Waals surface area contributed by atoms with Crippen molar-refractivity contribution in [3.05, 3.63) is 64.8 Å². The molecule has 1 heterocycles. The number of hydrogen-bond acceptors (Lipinski definition) is 4. The standard InChI is InChI=1S/C21H19N3OS/c1-13-8-9-16-6-4-5-7-17(16)20(13)24-19(25)12-26-21-18(11-22)14(2)10-15(3)23-21/h4-10H,12H2,1-3H3,(H,24,25). The Hall–Kier alpha value is -2.84. The topological polar surface area (TPSA) is 65.8 Å². The van der Waals surface area contributed by atoms with E-state index in [-0.39, 0.29) is 11.7 Å². The van der Waals surface area contributed by atoms with Gasteiger partial charge < -0.3 is 5.32 Å². The van der Waals surface area contributed by atoms with E-state index in [1.54, 1.807) is 0 Å². The van der Waals surface area contributed by atoms with Crippen molar-refractivity contribution in [2.24, 2.45) is 0 Å². The number of thioether (sulfide) groups is 1. The van der Waals surface area contributed by atoms with Crippen LogP contribution in [0.5, 0.6) is 0 Å². The van der Waals surface area contributed by atoms with Crippen molar-refractivity contribution in [2.75, 3.05) is 11.1 Å². The van der Waals surface area contributed by atoms with Gasteiger partial charge in [0.1, 0.15) is 11.1 Å². The van der Waals surface area contributed by atoms with Crippen LogP contribution in [-0.2, 0) is 4.79 Å². The number of nitriles is 1. The first-order valence-corrected chi connectivity index (χ1v) is 9.27. The van der Waals surface area contributed by atoms with Crippen LogP contribution in [0.1, 0.15) is 22.4 Å². The predicted molar refractivity (Wildman–Crippen MR) is 106 cm³/mol. The fourth-order valence-electron chi connectivity index (χ4n) is 2.90. The summed E-state index contributed by atoms with van der Waals surface area (Å²) in [6.45, 7) is 5.75. The number of benzene rings is 2. The number of rotatable bonds is 4. The molecular weight excluding hydrogens is 342 g/mol. The molecule has 0 fully saturated rings. The average Bonchev–Trinajstić information content (AvgIpc) is 2.62. The minimum absolute atomic E-state index is 0.112. The summed E-state index contributed by atoms with van der Waals surface area (Å²) in [4.78, 5) is 16.9. The van der Waals surface area contributed by atoms with Crippen LogP contribution >= 0.6 is 11.8 Å². The van der Waals surface area contributed by atoms with Gasteiger partial charge in [0.15, 0.2) is 0 Å². The molecule has 3 rings (SSSR count). The van der Waals surface area contributed by atoms with Gasteiger partial charge in [0.25, 0.3) is 0 Å². The molecule has 4 nitrogen and oxygen atoms in total. The molecule has 5 heteroatoms. The van der Waals surface area contributed by atoms with Crippen molar-refractivity contribution in [3.63, 3.8) is 0 Å². The number of amides is 1. The zero-order chi connectivity index (χ0) is 18.7. The van der Waals surface area contributed by atoms with Gasteiger partial charge in [0.2, 0.25) is 5.91 Å². The highest BCUT2D eigenvalue weighted by Crippen LogP contribution is 2.28. The van der Waals surface area contributed by atoms with Crippen LogP contribution in [0.15, 0.2) is 47.5 Å². The second-order valence-electron chi connectivity index (χ2n) is 6.19. The van der Waals surface area contributed by atoms with Gasteiger partial charge in [-0.3, -0.25) is 4.79 Å². The molecular formula is C21H19N3OS. The Morgan fingerprint density at radius 3 is 2.69 bits per heavy atom. The fraction of sp³-hybridized carbons (Fsp3) is 0.190. The number of carbonyl (C=O) groups excluding carboxylic acids is 1. The number of aromatic nitrogens is 1. The van der Waals surface area contributed by atoms with Crippen molar-refractivity contribution in [1.29, 1.82) is 5.26 Å². The van der Waals surface area contributed by atoms with Crippen LogP contribution in [0.25, 0.3) is 10.8 Å². The molecule has 0 aliphatic heterocycles. The summed E-state index contributed by atoms with van der Waals surface area (Å²) < 4.78 is 0. The number of nitrogens with one attached hydrogen (secondary N) is 1. The van der Waals surface area contributed by atoms with Gasteiger partial charge in [0.05, 0.1) is 17.0 Å². The Kier molecular flexibility index (Phi) is 5.24. The Labute approximate surface area is 157 Å². The SMILES string of the molecule is Cc1cc(C)c(C#N)c(SCC(=O)Nc2c(C)ccc3ccccc23)n1. The van der Waals surface area contributed by atoms with Gasteiger partial charge in [-0.15, -0.1) is 0 Å². The lowest BCUT2D eigenvalue weighted by Crippen LogP contribution is -2.15. The summed E-state index contributed by atoms with van der Waals surface area (Å²) in [6.07, 6.45) is 0. The quantitative estimate of drug-likeness (QED) is 0.680. The van der Waals surface area contributed by atoms with Crippen LogP contribution in [0.2, 0.25) is 0 Å². The molecule has 0 spiro atoms. The Bertz CT molecular complexity index is 1040. The van der Waals surface area contributed by atoms with E-state index >= 15 is 0 Å². The third-order valence-corrected chi connectivity index (χ3v) is 5.14. The lowest BCUT2D eigenvalue weighted by molar-refractivity contribution is -0.113. The Balaban J connectivity index is 1.79. The summed E-state index contributed by atoms with van der Waals surface area (Å²) in [5.41, 5.74) is 4.11. The molecule has 0 aliphatic rings. The zero-order valence-electron chi connectivity index (χ0n) is 15.0. The summed E-state index contributed by atoms with van der Waals surface area (Å²) in [5.74, 6) is 0.0899. The maximum Gasteiger partial charge on any atom is 0.234 e. The first-order chi connectivity index (χ1) is 12.5. The fourth-order valence-corrected chi connectivity index (χ4v) is 3.80. The summed E-state index contributed by atoms with van der Waals surface area (Å²) >= 11 is 1.29. The second kappa shape index (κ2) is 7.59. The molecule has 3 aromatic rings. The molecule has 130 valence electrons. The van der Waals surface area contributed by atoms with E-state index in [1.807, 2.05) is 63.2 Å². The van der Waals surface area contributed by atoms with E-state index in [0.29, 0.717) is 10.6 Å². The average molecular weight is 361 g/mol. The van der Waals surface area contributed by atoms with Gasteiger partial charge in [-0.1, -0.05) is 48.2 Å². The molecule has 2 aromatic carbocycles. The molecule has 0 saturated carbocycles. The maximum atomic E-state index is 12.5. The number of hydrogen-bond donors (Lipinski definition) is 1. The molecule has 0 atom stereocenters. The van der Waals surface area contributed by atoms with Gasteiger partial charge in [-0.25, -0.2) is 4.98 Å². The highest BCUT2D eigenvalue weighted by molar-refractivity contribution is 8.00. The number of nitrogens with zero attached hydrogens (tertiary/aromatic N) is 2. The van der Waals surface area contributed by atoms with Crippen molar-refractivity contribution >= 4 is 34.1 Å². The number of pyridine rings is 1. The van der Waals surface area contributed by atoms with Crippen molar-refractivity contribution in [1.82, 2.24) is 4.98 Å². The van der Waals surface area contributed by atoms with Crippen LogP contribution < -0.4 is 5.32 Å². The van der Waals surface area contributed by atoms with Crippen LogP contribution in [0, 0.1) is 32.1 Å². The molecule has 0 saturated heterocycles. The molecule has 26 heavy (non-hydrogen) atoms. The smallest absolute Gasteiger partial charge is 0.234 e. The van der Waals surface area contributed by atoms with Crippen LogP contribution in [0.3, 0.4) is 0 Å². The predicted octanol–water partition coefficient (Wildman–Crippen LogP) is 4.76. The molecule has 0 radical (unpaired) electrons. The minimum atomic E-state index is -0.112. The number of anilines is 1. The van der Waals surface area contributed by atoms with Gasteiger partial charge in [-0.05, 0) is 43.4 Å². The monoisotopic (exact) mass is 361 g/mol. The number of carbonyl (C=O) groups is 1. The highest BCUT2D eigenvalue weighted by Gasteiger charge is 2.13. The lowest BCUT2D eigenvalue weighted by atomic mass is 10.0. The third-order valence-electron chi connectivity index (χ3n) is 4.17. The Morgan fingerprint density at radius 1 is 1.15 bits per heavy atom. The normalized spacial score (nSPS) is 10.5. The van der Waals surface area contributed by atoms with Crippen LogP contribution in [-0.4, -0.2) is 16.6 Å². The second-order valence-corrected chi connectivity index (χ2v) is 7.15. The number of aryl methyl sites for hydroxylation is 3. The summed E-state index contributed by atoms with van der Waals surface area (Å²) in [7, 11) is 0. The van der Waals surface area contributed by atoms with E-state index in [4.69, 9.17) is 0 Å². The van der Waals surface area contributed by atoms with E-state index in [2.05, 4.69) is 16.4 Å². The molecule has 1 N–H and O–H groups in total. The largest absolute Gasteiger partial charge is 0.325 e. The zero-order valence-corrected chi connectivity index (χ0v) is 15.8. The van der Waals surface area contributed by atoms with Crippen molar-refractivity contribution in [3.8, 4) is 6.07 Å². The van der Waals surface area contributed by atoms with Gasteiger partial charge in [0, 0.05) is 11.1 Å². The van der Waals surface area contributed by atoms with Gasteiger partial charge in [-0.2, -0.15) is 5.26 Å². The van der Waals surface area contributed by atoms with Crippen molar-refractivity contribution < 1.29 is 4.79 Å². The third kappa shape index (κ3) is 3.71. The Morgan fingerprint density at radius 2 is 1.92 bits per heavy atom. The molecule has 0 aliphatic carbocycles. The molecule has 0 bridgehead atoms. The highest BCUT2D eigenvalue weighted by atomic mass is 32.2. The molecule has 0 unspecified atom stereocenters. The lowest BCUT2D eigenvalue weighted by Gasteiger charge is -2.12. The van der Waals surface area contributed by atoms with Crippen LogP contribution in [0.4, 0.5) is 5.69 Å². The molecule has 1 aromatic heterocycles. The van der Waals surface area contributed by atoms with E-state index in [9.17, 15) is 10.1 Å². The van der Waals surface area contributed by atoms with E-state index in [1.165, 1.54) is 11.8 Å².